The fourth-order valence-corrected chi connectivity index (χ4v) is 4.20. The molecule has 2 N–H and O–H groups in total. The first-order valence-corrected chi connectivity index (χ1v) is 9.09. The van der Waals surface area contributed by atoms with E-state index in [0.29, 0.717) is 10.2 Å². The standard InChI is InChI=1S/C14H14Br2N2O2S/c1-18(9-10-2-4-11(15)5-3-10)21(19,20)14-8-12(17)6-7-13(14)16/h2-8H,9,17H2,1H3. The van der Waals surface area contributed by atoms with Gasteiger partial charge in [-0.2, -0.15) is 4.31 Å². The summed E-state index contributed by atoms with van der Waals surface area (Å²) in [6.07, 6.45) is 0. The molecule has 0 amide bonds. The van der Waals surface area contributed by atoms with Gasteiger partial charge in [0.1, 0.15) is 0 Å². The lowest BCUT2D eigenvalue weighted by Gasteiger charge is -2.18. The molecule has 2 aromatic carbocycles. The first kappa shape index (κ1) is 16.5. The second-order valence-corrected chi connectivity index (χ2v) is 8.36. The molecule has 0 fully saturated rings. The first-order chi connectivity index (χ1) is 9.80. The summed E-state index contributed by atoms with van der Waals surface area (Å²) in [4.78, 5) is 0.169. The summed E-state index contributed by atoms with van der Waals surface area (Å²) in [5, 5.41) is 0. The van der Waals surface area contributed by atoms with Crippen molar-refractivity contribution in [3.05, 3.63) is 57.0 Å². The molecule has 0 aromatic heterocycles. The maximum Gasteiger partial charge on any atom is 0.244 e. The van der Waals surface area contributed by atoms with Crippen LogP contribution in [-0.2, 0) is 16.6 Å². The number of halogens is 2. The molecule has 7 heteroatoms. The van der Waals surface area contributed by atoms with Crippen LogP contribution in [-0.4, -0.2) is 19.8 Å². The summed E-state index contributed by atoms with van der Waals surface area (Å²) in [5.74, 6) is 0. The third kappa shape index (κ3) is 3.85. The molecule has 112 valence electrons. The minimum atomic E-state index is -3.61. The molecule has 0 saturated carbocycles. The molecule has 21 heavy (non-hydrogen) atoms. The third-order valence-electron chi connectivity index (χ3n) is 2.96. The lowest BCUT2D eigenvalue weighted by molar-refractivity contribution is 0.466. The molecule has 0 aliphatic carbocycles. The van der Waals surface area contributed by atoms with E-state index < -0.39 is 10.0 Å². The Balaban J connectivity index is 2.30. The van der Waals surface area contributed by atoms with Gasteiger partial charge in [-0.15, -0.1) is 0 Å². The minimum absolute atomic E-state index is 0.169. The van der Waals surface area contributed by atoms with Gasteiger partial charge in [0.25, 0.3) is 0 Å². The van der Waals surface area contributed by atoms with Gasteiger partial charge in [-0.3, -0.25) is 0 Å². The maximum atomic E-state index is 12.6. The van der Waals surface area contributed by atoms with Gasteiger partial charge < -0.3 is 5.73 Å². The summed E-state index contributed by atoms with van der Waals surface area (Å²) in [5.41, 5.74) is 7.00. The normalized spacial score (nSPS) is 11.8. The van der Waals surface area contributed by atoms with E-state index in [4.69, 9.17) is 5.73 Å². The van der Waals surface area contributed by atoms with Crippen LogP contribution in [0.3, 0.4) is 0 Å². The molecule has 2 rings (SSSR count). The van der Waals surface area contributed by atoms with Crippen molar-refractivity contribution in [2.45, 2.75) is 11.4 Å². The molecule has 0 spiro atoms. The van der Waals surface area contributed by atoms with Crippen molar-refractivity contribution in [3.63, 3.8) is 0 Å². The van der Waals surface area contributed by atoms with Gasteiger partial charge in [-0.1, -0.05) is 28.1 Å². The molecule has 4 nitrogen and oxygen atoms in total. The molecule has 2 aromatic rings. The number of nitrogens with zero attached hydrogens (tertiary/aromatic N) is 1. The zero-order valence-electron chi connectivity index (χ0n) is 11.3. The van der Waals surface area contributed by atoms with Crippen molar-refractivity contribution >= 4 is 47.6 Å². The highest BCUT2D eigenvalue weighted by molar-refractivity contribution is 9.10. The number of hydrogen-bond donors (Lipinski definition) is 1. The number of rotatable bonds is 4. The molecular weight excluding hydrogens is 420 g/mol. The van der Waals surface area contributed by atoms with Gasteiger partial charge in [-0.05, 0) is 51.8 Å². The van der Waals surface area contributed by atoms with Crippen molar-refractivity contribution in [1.29, 1.82) is 0 Å². The van der Waals surface area contributed by atoms with Crippen LogP contribution in [0.1, 0.15) is 5.56 Å². The van der Waals surface area contributed by atoms with Crippen molar-refractivity contribution in [2.24, 2.45) is 0 Å². The summed E-state index contributed by atoms with van der Waals surface area (Å²) in [6.45, 7) is 0.289. The Labute approximate surface area is 141 Å². The fraction of sp³-hybridized carbons (Fsp3) is 0.143. The fourth-order valence-electron chi connectivity index (χ4n) is 1.82. The molecule has 0 heterocycles. The topological polar surface area (TPSA) is 63.4 Å². The average Bonchev–Trinajstić information content (AvgIpc) is 2.43. The summed E-state index contributed by atoms with van der Waals surface area (Å²) in [6, 6.07) is 12.3. The Morgan fingerprint density at radius 3 is 2.33 bits per heavy atom. The molecule has 0 saturated heterocycles. The van der Waals surface area contributed by atoms with Crippen molar-refractivity contribution in [2.75, 3.05) is 12.8 Å². The van der Waals surface area contributed by atoms with Crippen molar-refractivity contribution < 1.29 is 8.42 Å². The van der Waals surface area contributed by atoms with Crippen molar-refractivity contribution in [3.8, 4) is 0 Å². The van der Waals surface area contributed by atoms with Crippen LogP contribution in [0, 0.1) is 0 Å². The van der Waals surface area contributed by atoms with Gasteiger partial charge in [0, 0.05) is 28.2 Å². The van der Waals surface area contributed by atoms with Crippen LogP contribution >= 0.6 is 31.9 Å². The number of hydrogen-bond acceptors (Lipinski definition) is 3. The SMILES string of the molecule is CN(Cc1ccc(Br)cc1)S(=O)(=O)c1cc(N)ccc1Br. The Bertz CT molecular complexity index is 746. The molecular formula is C14H14Br2N2O2S. The van der Waals surface area contributed by atoms with E-state index in [-0.39, 0.29) is 11.4 Å². The largest absolute Gasteiger partial charge is 0.399 e. The number of anilines is 1. The van der Waals surface area contributed by atoms with Gasteiger partial charge in [0.2, 0.25) is 10.0 Å². The number of nitrogen functional groups attached to an aromatic ring is 1. The quantitative estimate of drug-likeness (QED) is 0.749. The predicted octanol–water partition coefficient (Wildman–Crippen LogP) is 3.61. The van der Waals surface area contributed by atoms with Crippen LogP contribution in [0.2, 0.25) is 0 Å². The van der Waals surface area contributed by atoms with E-state index in [1.807, 2.05) is 24.3 Å². The highest BCUT2D eigenvalue weighted by atomic mass is 79.9. The maximum absolute atomic E-state index is 12.6. The lowest BCUT2D eigenvalue weighted by atomic mass is 10.2. The average molecular weight is 434 g/mol. The summed E-state index contributed by atoms with van der Waals surface area (Å²) in [7, 11) is -2.06. The second kappa shape index (κ2) is 6.48. The number of sulfonamides is 1. The highest BCUT2D eigenvalue weighted by Crippen LogP contribution is 2.27. The Morgan fingerprint density at radius 2 is 1.71 bits per heavy atom. The second-order valence-electron chi connectivity index (χ2n) is 4.58. The van der Waals surface area contributed by atoms with Crippen LogP contribution in [0.15, 0.2) is 56.3 Å². The monoisotopic (exact) mass is 432 g/mol. The van der Waals surface area contributed by atoms with Crippen LogP contribution in [0.4, 0.5) is 5.69 Å². The van der Waals surface area contributed by atoms with Gasteiger partial charge in [0.05, 0.1) is 4.90 Å². The van der Waals surface area contributed by atoms with E-state index in [0.717, 1.165) is 10.0 Å². The zero-order valence-corrected chi connectivity index (χ0v) is 15.2. The number of benzene rings is 2. The zero-order chi connectivity index (χ0) is 15.6. The summed E-state index contributed by atoms with van der Waals surface area (Å²) >= 11 is 6.62. The van der Waals surface area contributed by atoms with E-state index in [1.54, 1.807) is 19.2 Å². The first-order valence-electron chi connectivity index (χ1n) is 6.06. The molecule has 0 unspecified atom stereocenters. The Kier molecular flexibility index (Phi) is 5.08. The van der Waals surface area contributed by atoms with Gasteiger partial charge in [-0.25, -0.2) is 8.42 Å². The third-order valence-corrected chi connectivity index (χ3v) is 6.29. The highest BCUT2D eigenvalue weighted by Gasteiger charge is 2.23. The molecule has 0 atom stereocenters. The van der Waals surface area contributed by atoms with E-state index >= 15 is 0 Å². The van der Waals surface area contributed by atoms with Gasteiger partial charge >= 0.3 is 0 Å². The van der Waals surface area contributed by atoms with Crippen LogP contribution < -0.4 is 5.73 Å². The molecule has 0 radical (unpaired) electrons. The predicted molar refractivity (Wildman–Crippen MR) is 91.3 cm³/mol. The minimum Gasteiger partial charge on any atom is -0.399 e. The smallest absolute Gasteiger partial charge is 0.244 e. The van der Waals surface area contributed by atoms with Crippen LogP contribution in [0.5, 0.6) is 0 Å². The van der Waals surface area contributed by atoms with E-state index in [2.05, 4.69) is 31.9 Å². The van der Waals surface area contributed by atoms with Gasteiger partial charge in [0.15, 0.2) is 0 Å². The summed E-state index contributed by atoms with van der Waals surface area (Å²) < 4.78 is 28.0. The van der Waals surface area contributed by atoms with Crippen molar-refractivity contribution in [1.82, 2.24) is 4.31 Å². The van der Waals surface area contributed by atoms with Crippen LogP contribution in [0.25, 0.3) is 0 Å². The number of nitrogens with two attached hydrogens (primary N) is 1. The Hall–Kier alpha value is -0.890. The van der Waals surface area contributed by atoms with E-state index in [1.165, 1.54) is 10.4 Å². The van der Waals surface area contributed by atoms with E-state index in [9.17, 15) is 8.42 Å². The lowest BCUT2D eigenvalue weighted by Crippen LogP contribution is -2.26. The molecule has 0 aliphatic rings. The Morgan fingerprint density at radius 1 is 1.10 bits per heavy atom. The molecule has 0 bridgehead atoms. The molecule has 0 aliphatic heterocycles.